The number of allylic oxidation sites excluding steroid dienone is 1. The fourth-order valence-electron chi connectivity index (χ4n) is 1.28. The molecule has 0 heterocycles. The van der Waals surface area contributed by atoms with Crippen LogP contribution in [0.25, 0.3) is 0 Å². The predicted octanol–water partition coefficient (Wildman–Crippen LogP) is -0.170. The third-order valence-electron chi connectivity index (χ3n) is 2.40. The van der Waals surface area contributed by atoms with Gasteiger partial charge in [-0.05, 0) is 18.1 Å². The lowest BCUT2D eigenvalue weighted by atomic mass is 10.1. The average molecular weight is 300 g/mol. The van der Waals surface area contributed by atoms with Gasteiger partial charge in [-0.3, -0.25) is 0 Å². The van der Waals surface area contributed by atoms with Gasteiger partial charge in [0.25, 0.3) is 0 Å². The molecule has 0 aliphatic rings. The van der Waals surface area contributed by atoms with Crippen LogP contribution in [0, 0.1) is 0 Å². The normalized spacial score (nSPS) is 13.0. The van der Waals surface area contributed by atoms with Gasteiger partial charge in [-0.25, -0.2) is 0 Å². The van der Waals surface area contributed by atoms with Crippen LogP contribution in [-0.4, -0.2) is 64.2 Å². The largest absolute Gasteiger partial charge is 0.508 e. The fourth-order valence-corrected chi connectivity index (χ4v) is 1.28. The van der Waals surface area contributed by atoms with Crippen LogP contribution in [0.4, 0.5) is 0 Å². The Balaban J connectivity index is 0.000000382. The summed E-state index contributed by atoms with van der Waals surface area (Å²) < 4.78 is 4.72. The van der Waals surface area contributed by atoms with Crippen molar-refractivity contribution in [2.75, 3.05) is 26.4 Å². The van der Waals surface area contributed by atoms with Gasteiger partial charge < -0.3 is 30.3 Å². The van der Waals surface area contributed by atoms with E-state index >= 15 is 0 Å². The highest BCUT2D eigenvalue weighted by molar-refractivity contribution is 5.32. The van der Waals surface area contributed by atoms with Crippen molar-refractivity contribution in [1.29, 1.82) is 0 Å². The van der Waals surface area contributed by atoms with Crippen LogP contribution in [-0.2, 0) is 11.2 Å². The van der Waals surface area contributed by atoms with Crippen LogP contribution in [0.1, 0.15) is 5.56 Å². The Morgan fingerprint density at radius 3 is 2.00 bits per heavy atom. The van der Waals surface area contributed by atoms with Gasteiger partial charge in [0, 0.05) is 0 Å². The summed E-state index contributed by atoms with van der Waals surface area (Å²) in [5, 5.41) is 43.3. The van der Waals surface area contributed by atoms with E-state index in [1.54, 1.807) is 12.1 Å². The lowest BCUT2D eigenvalue weighted by molar-refractivity contribution is -0.0364. The Bertz CT molecular complexity index is 372. The van der Waals surface area contributed by atoms with Crippen molar-refractivity contribution in [2.24, 2.45) is 0 Å². The summed E-state index contributed by atoms with van der Waals surface area (Å²) in [6, 6.07) is 7.27. The first-order valence-electron chi connectivity index (χ1n) is 6.58. The number of benzene rings is 1. The van der Waals surface area contributed by atoms with Crippen molar-refractivity contribution in [2.45, 2.75) is 18.6 Å². The molecule has 0 aliphatic carbocycles. The Labute approximate surface area is 124 Å². The van der Waals surface area contributed by atoms with Gasteiger partial charge in [-0.15, -0.1) is 6.58 Å². The number of phenolic OH excluding ortho intramolecular Hbond substituents is 1. The Morgan fingerprint density at radius 1 is 1.05 bits per heavy atom. The van der Waals surface area contributed by atoms with E-state index in [1.165, 1.54) is 0 Å². The number of rotatable bonds is 8. The van der Waals surface area contributed by atoms with Crippen molar-refractivity contribution >= 4 is 0 Å². The fraction of sp³-hybridized carbons (Fsp3) is 0.467. The monoisotopic (exact) mass is 300 g/mol. The molecule has 2 unspecified atom stereocenters. The molecule has 0 radical (unpaired) electrons. The van der Waals surface area contributed by atoms with E-state index in [1.807, 2.05) is 18.2 Å². The molecular formula is C15H24O6. The molecule has 21 heavy (non-hydrogen) atoms. The Morgan fingerprint density at radius 2 is 1.57 bits per heavy atom. The minimum Gasteiger partial charge on any atom is -0.508 e. The maximum absolute atomic E-state index is 9.19. The predicted molar refractivity (Wildman–Crippen MR) is 79.0 cm³/mol. The second-order valence-electron chi connectivity index (χ2n) is 4.33. The first-order chi connectivity index (χ1) is 10.0. The molecule has 120 valence electrons. The quantitative estimate of drug-likeness (QED) is 0.426. The molecule has 0 aromatic heterocycles. The van der Waals surface area contributed by atoms with Crippen LogP contribution < -0.4 is 0 Å². The smallest absolute Gasteiger partial charge is 0.119 e. The van der Waals surface area contributed by atoms with Crippen molar-refractivity contribution in [3.05, 3.63) is 42.5 Å². The lowest BCUT2D eigenvalue weighted by Crippen LogP contribution is -2.25. The van der Waals surface area contributed by atoms with Gasteiger partial charge in [0.05, 0.1) is 26.4 Å². The molecule has 6 nitrogen and oxygen atoms in total. The zero-order chi connectivity index (χ0) is 16.1. The topological polar surface area (TPSA) is 110 Å². The zero-order valence-electron chi connectivity index (χ0n) is 11.9. The number of phenols is 1. The van der Waals surface area contributed by atoms with Gasteiger partial charge in [-0.1, -0.05) is 24.3 Å². The Hall–Kier alpha value is -1.44. The molecular weight excluding hydrogens is 276 g/mol. The van der Waals surface area contributed by atoms with Gasteiger partial charge >= 0.3 is 0 Å². The van der Waals surface area contributed by atoms with Gasteiger partial charge in [0.1, 0.15) is 18.0 Å². The number of aliphatic hydroxyl groups is 4. The van der Waals surface area contributed by atoms with Crippen LogP contribution in [0.15, 0.2) is 36.9 Å². The summed E-state index contributed by atoms with van der Waals surface area (Å²) in [4.78, 5) is 0. The van der Waals surface area contributed by atoms with Crippen molar-refractivity contribution in [3.63, 3.8) is 0 Å². The lowest BCUT2D eigenvalue weighted by Gasteiger charge is -2.10. The summed E-state index contributed by atoms with van der Waals surface area (Å²) in [7, 11) is 0. The summed E-state index contributed by atoms with van der Waals surface area (Å²) >= 11 is 0. The molecule has 0 saturated heterocycles. The highest BCUT2D eigenvalue weighted by atomic mass is 16.5. The summed E-state index contributed by atoms with van der Waals surface area (Å²) in [5.74, 6) is 0.349. The van der Waals surface area contributed by atoms with Crippen LogP contribution >= 0.6 is 0 Å². The molecule has 1 aromatic rings. The molecule has 0 bridgehead atoms. The standard InChI is InChI=1S/C9H10O.C6H14O5/c1-2-5-8-6-3-4-7-9(8)10;7-1-5(9)3-11-4-6(10)2-8/h2-4,6-7,10H,1,5H2;5-10H,1-4H2. The molecule has 1 rings (SSSR count). The number of hydrogen-bond donors (Lipinski definition) is 5. The van der Waals surface area contributed by atoms with Crippen LogP contribution in [0.5, 0.6) is 5.75 Å². The number of hydrogen-bond acceptors (Lipinski definition) is 6. The van der Waals surface area contributed by atoms with Gasteiger partial charge in [0.15, 0.2) is 0 Å². The third kappa shape index (κ3) is 10.0. The SMILES string of the molecule is C=CCc1ccccc1O.OCC(O)COCC(O)CO. The van der Waals surface area contributed by atoms with E-state index in [9.17, 15) is 5.11 Å². The van der Waals surface area contributed by atoms with E-state index in [-0.39, 0.29) is 26.4 Å². The summed E-state index contributed by atoms with van der Waals surface area (Å²) in [6.07, 6.45) is 0.670. The van der Waals surface area contributed by atoms with Crippen LogP contribution in [0.3, 0.4) is 0 Å². The summed E-state index contributed by atoms with van der Waals surface area (Å²) in [5.41, 5.74) is 0.928. The van der Waals surface area contributed by atoms with Crippen LogP contribution in [0.2, 0.25) is 0 Å². The first-order valence-corrected chi connectivity index (χ1v) is 6.58. The second kappa shape index (κ2) is 12.3. The van der Waals surface area contributed by atoms with Gasteiger partial charge in [0.2, 0.25) is 0 Å². The Kier molecular flexibility index (Phi) is 11.5. The maximum Gasteiger partial charge on any atom is 0.119 e. The zero-order valence-corrected chi connectivity index (χ0v) is 11.9. The molecule has 2 atom stereocenters. The van der Waals surface area contributed by atoms with Crippen molar-refractivity contribution < 1.29 is 30.3 Å². The van der Waals surface area contributed by atoms with Crippen molar-refractivity contribution in [3.8, 4) is 5.75 Å². The van der Waals surface area contributed by atoms with E-state index in [2.05, 4.69) is 6.58 Å². The van der Waals surface area contributed by atoms with E-state index in [4.69, 9.17) is 25.2 Å². The molecule has 0 fully saturated rings. The molecule has 0 spiro atoms. The minimum absolute atomic E-state index is 0.0342. The summed E-state index contributed by atoms with van der Waals surface area (Å²) in [6.45, 7) is 2.79. The first kappa shape index (κ1) is 19.6. The average Bonchev–Trinajstić information content (AvgIpc) is 2.50. The van der Waals surface area contributed by atoms with E-state index in [0.717, 1.165) is 12.0 Å². The molecule has 6 heteroatoms. The van der Waals surface area contributed by atoms with Crippen molar-refractivity contribution in [1.82, 2.24) is 0 Å². The maximum atomic E-state index is 9.19. The molecule has 1 aromatic carbocycles. The van der Waals surface area contributed by atoms with Gasteiger partial charge in [-0.2, -0.15) is 0 Å². The third-order valence-corrected chi connectivity index (χ3v) is 2.40. The van der Waals surface area contributed by atoms with E-state index in [0.29, 0.717) is 5.75 Å². The highest BCUT2D eigenvalue weighted by Crippen LogP contribution is 2.15. The highest BCUT2D eigenvalue weighted by Gasteiger charge is 2.04. The molecule has 5 N–H and O–H groups in total. The molecule has 0 saturated carbocycles. The number of para-hydroxylation sites is 1. The molecule has 0 amide bonds. The number of ether oxygens (including phenoxy) is 1. The second-order valence-corrected chi connectivity index (χ2v) is 4.33. The molecule has 0 aliphatic heterocycles. The van der Waals surface area contributed by atoms with E-state index < -0.39 is 12.2 Å². The minimum atomic E-state index is -0.916. The number of aliphatic hydroxyl groups excluding tert-OH is 4. The number of aromatic hydroxyl groups is 1.